The molecule has 0 N–H and O–H groups in total. The van der Waals surface area contributed by atoms with Crippen LogP contribution in [0.15, 0.2) is 24.3 Å². The van der Waals surface area contributed by atoms with Crippen LogP contribution in [0.25, 0.3) is 0 Å². The van der Waals surface area contributed by atoms with E-state index in [1.165, 1.54) is 186 Å². The molecule has 0 bridgehead atoms. The Balaban J connectivity index is 2.16. The van der Waals surface area contributed by atoms with Gasteiger partial charge in [0.2, 0.25) is 0 Å². The smallest absolute Gasteiger partial charge is 0.409 e. The minimum atomic E-state index is -0.0660. The van der Waals surface area contributed by atoms with Crippen LogP contribution in [0, 0.1) is 5.92 Å². The minimum absolute atomic E-state index is 0.0660. The zero-order valence-corrected chi connectivity index (χ0v) is 32.8. The van der Waals surface area contributed by atoms with Crippen molar-refractivity contribution in [1.29, 1.82) is 0 Å². The van der Waals surface area contributed by atoms with Gasteiger partial charge in [-0.1, -0.05) is 154 Å². The van der Waals surface area contributed by atoms with E-state index in [9.17, 15) is 4.79 Å². The van der Waals surface area contributed by atoms with Crippen molar-refractivity contribution in [2.45, 2.75) is 206 Å². The maximum atomic E-state index is 13.1. The van der Waals surface area contributed by atoms with Gasteiger partial charge in [-0.25, -0.2) is 4.79 Å². The largest absolute Gasteiger partial charge is 0.449 e. The van der Waals surface area contributed by atoms with Crippen LogP contribution >= 0.6 is 0 Å². The summed E-state index contributed by atoms with van der Waals surface area (Å²) >= 11 is 0. The highest BCUT2D eigenvalue weighted by atomic mass is 16.6. The molecular weight excluding hydrogens is 588 g/mol. The van der Waals surface area contributed by atoms with Gasteiger partial charge in [0.1, 0.15) is 0 Å². The van der Waals surface area contributed by atoms with Crippen LogP contribution in [0.3, 0.4) is 0 Å². The summed E-state index contributed by atoms with van der Waals surface area (Å²) < 4.78 is 5.90. The fourth-order valence-corrected chi connectivity index (χ4v) is 7.08. The Morgan fingerprint density at radius 3 is 1.35 bits per heavy atom. The Labute approximate surface area is 301 Å². The number of hydrogen-bond donors (Lipinski definition) is 0. The Hall–Kier alpha value is -1.29. The van der Waals surface area contributed by atoms with Gasteiger partial charge in [-0.2, -0.15) is 0 Å². The number of unbranched alkanes of at least 4 members (excludes halogenated alkanes) is 24. The number of likely N-dealkylation sites (tertiary alicyclic amines) is 1. The first-order valence-corrected chi connectivity index (χ1v) is 21.6. The van der Waals surface area contributed by atoms with Crippen LogP contribution in [0.5, 0.6) is 0 Å². The standard InChI is InChI=1S/C44H84N2O2/c1-4-6-8-10-12-14-16-18-20-22-24-26-28-30-32-34-39-46(44(47)48-42-43-37-36-38-45(3)41-43)40-35-33-31-29-27-25-23-21-19-17-15-13-11-9-7-5-2/h18-21,43H,4-17,22-42H2,1-3H3. The Morgan fingerprint density at radius 2 is 0.958 bits per heavy atom. The summed E-state index contributed by atoms with van der Waals surface area (Å²) in [6, 6.07) is 0. The van der Waals surface area contributed by atoms with Gasteiger partial charge in [-0.15, -0.1) is 0 Å². The van der Waals surface area contributed by atoms with E-state index in [1.807, 2.05) is 4.90 Å². The molecule has 0 aromatic carbocycles. The highest BCUT2D eigenvalue weighted by Crippen LogP contribution is 2.17. The topological polar surface area (TPSA) is 32.8 Å². The predicted molar refractivity (Wildman–Crippen MR) is 212 cm³/mol. The number of allylic oxidation sites excluding steroid dienone is 4. The second-order valence-electron chi connectivity index (χ2n) is 15.2. The number of carbonyl (C=O) groups is 1. The van der Waals surface area contributed by atoms with Gasteiger partial charge in [0.25, 0.3) is 0 Å². The minimum Gasteiger partial charge on any atom is -0.449 e. The molecule has 282 valence electrons. The molecule has 1 unspecified atom stereocenters. The van der Waals surface area contributed by atoms with Gasteiger partial charge in [-0.3, -0.25) is 0 Å². The summed E-state index contributed by atoms with van der Waals surface area (Å²) in [4.78, 5) is 17.5. The zero-order valence-electron chi connectivity index (χ0n) is 32.8. The predicted octanol–water partition coefficient (Wildman–Crippen LogP) is 13.8. The van der Waals surface area contributed by atoms with Crippen molar-refractivity contribution < 1.29 is 9.53 Å². The molecule has 0 saturated carbocycles. The normalized spacial score (nSPS) is 15.6. The van der Waals surface area contributed by atoms with Crippen LogP contribution in [0.4, 0.5) is 4.79 Å². The lowest BCUT2D eigenvalue weighted by atomic mass is 10.00. The lowest BCUT2D eigenvalue weighted by Crippen LogP contribution is -2.38. The van der Waals surface area contributed by atoms with Gasteiger partial charge >= 0.3 is 6.09 Å². The first kappa shape index (κ1) is 44.7. The van der Waals surface area contributed by atoms with Crippen molar-refractivity contribution >= 4 is 6.09 Å². The SMILES string of the molecule is CCCCCCCCC=CCCCCCCCCN(CCCCCCCCC=CCCCCCCCC)C(=O)OCC1CCCN(C)C1. The fourth-order valence-electron chi connectivity index (χ4n) is 7.08. The quantitative estimate of drug-likeness (QED) is 0.0504. The Bertz CT molecular complexity index is 693. The van der Waals surface area contributed by atoms with Crippen LogP contribution < -0.4 is 0 Å². The van der Waals surface area contributed by atoms with Crippen LogP contribution in [-0.4, -0.2) is 55.7 Å². The molecule has 0 aliphatic carbocycles. The third kappa shape index (κ3) is 29.6. The van der Waals surface area contributed by atoms with E-state index in [2.05, 4.69) is 50.1 Å². The van der Waals surface area contributed by atoms with E-state index < -0.39 is 0 Å². The van der Waals surface area contributed by atoms with Crippen molar-refractivity contribution in [2.75, 3.05) is 39.8 Å². The zero-order chi connectivity index (χ0) is 34.6. The van der Waals surface area contributed by atoms with Crippen molar-refractivity contribution in [2.24, 2.45) is 5.92 Å². The molecule has 0 spiro atoms. The van der Waals surface area contributed by atoms with Crippen molar-refractivity contribution in [1.82, 2.24) is 9.80 Å². The maximum absolute atomic E-state index is 13.1. The molecule has 1 saturated heterocycles. The first-order chi connectivity index (χ1) is 23.7. The van der Waals surface area contributed by atoms with Gasteiger partial charge in [0.15, 0.2) is 0 Å². The molecule has 4 nitrogen and oxygen atoms in total. The Morgan fingerprint density at radius 1 is 0.583 bits per heavy atom. The number of ether oxygens (including phenoxy) is 1. The average Bonchev–Trinajstić information content (AvgIpc) is 3.09. The number of hydrogen-bond acceptors (Lipinski definition) is 3. The van der Waals surface area contributed by atoms with Gasteiger partial charge in [0, 0.05) is 25.6 Å². The van der Waals surface area contributed by atoms with Crippen molar-refractivity contribution in [3.8, 4) is 0 Å². The lowest BCUT2D eigenvalue weighted by molar-refractivity contribution is 0.0689. The van der Waals surface area contributed by atoms with Crippen LogP contribution in [0.1, 0.15) is 206 Å². The highest BCUT2D eigenvalue weighted by Gasteiger charge is 2.21. The van der Waals surface area contributed by atoms with E-state index in [0.717, 1.165) is 32.5 Å². The number of piperidine rings is 1. The summed E-state index contributed by atoms with van der Waals surface area (Å²) in [5.74, 6) is 0.491. The van der Waals surface area contributed by atoms with Crippen LogP contribution in [-0.2, 0) is 4.74 Å². The molecule has 1 rings (SSSR count). The van der Waals surface area contributed by atoms with Crippen molar-refractivity contribution in [3.63, 3.8) is 0 Å². The van der Waals surface area contributed by atoms with E-state index in [0.29, 0.717) is 12.5 Å². The lowest BCUT2D eigenvalue weighted by Gasteiger charge is -2.30. The molecule has 4 heteroatoms. The molecule has 1 aliphatic rings. The van der Waals surface area contributed by atoms with Gasteiger partial charge in [-0.05, 0) is 90.6 Å². The maximum Gasteiger partial charge on any atom is 0.409 e. The molecule has 1 atom stereocenters. The molecule has 1 amide bonds. The van der Waals surface area contributed by atoms with E-state index in [4.69, 9.17) is 4.74 Å². The summed E-state index contributed by atoms with van der Waals surface area (Å²) in [5, 5.41) is 0. The highest BCUT2D eigenvalue weighted by molar-refractivity contribution is 5.67. The average molecular weight is 673 g/mol. The molecule has 0 radical (unpaired) electrons. The molecule has 0 aromatic rings. The van der Waals surface area contributed by atoms with Crippen molar-refractivity contribution in [3.05, 3.63) is 24.3 Å². The van der Waals surface area contributed by atoms with Crippen LogP contribution in [0.2, 0.25) is 0 Å². The van der Waals surface area contributed by atoms with E-state index in [1.54, 1.807) is 0 Å². The third-order valence-corrected chi connectivity index (χ3v) is 10.3. The monoisotopic (exact) mass is 673 g/mol. The Kier molecular flexibility index (Phi) is 33.1. The molecule has 0 aromatic heterocycles. The van der Waals surface area contributed by atoms with Gasteiger partial charge < -0.3 is 14.5 Å². The number of amides is 1. The summed E-state index contributed by atoms with van der Waals surface area (Å²) in [7, 11) is 2.18. The molecule has 1 aliphatic heterocycles. The van der Waals surface area contributed by atoms with E-state index in [-0.39, 0.29) is 6.09 Å². The number of carbonyl (C=O) groups excluding carboxylic acids is 1. The molecule has 1 heterocycles. The van der Waals surface area contributed by atoms with Gasteiger partial charge in [0.05, 0.1) is 6.61 Å². The summed E-state index contributed by atoms with van der Waals surface area (Å²) in [6.45, 7) is 9.09. The van der Waals surface area contributed by atoms with E-state index >= 15 is 0 Å². The summed E-state index contributed by atoms with van der Waals surface area (Å²) in [5.41, 5.74) is 0. The molecular formula is C44H84N2O2. The molecule has 48 heavy (non-hydrogen) atoms. The summed E-state index contributed by atoms with van der Waals surface area (Å²) in [6.07, 6.45) is 48.8. The number of nitrogens with zero attached hydrogens (tertiary/aromatic N) is 2. The molecule has 1 fully saturated rings. The first-order valence-electron chi connectivity index (χ1n) is 21.6. The second kappa shape index (κ2) is 35.5. The number of rotatable bonds is 34. The second-order valence-corrected chi connectivity index (χ2v) is 15.2. The third-order valence-electron chi connectivity index (χ3n) is 10.3. The fraction of sp³-hybridized carbons (Fsp3) is 0.886.